The molecule has 0 aliphatic carbocycles. The maximum Gasteiger partial charge on any atom is 0.257 e. The number of para-hydroxylation sites is 2. The van der Waals surface area contributed by atoms with Crippen LogP contribution in [-0.2, 0) is 9.53 Å². The lowest BCUT2D eigenvalue weighted by molar-refractivity contribution is -0.123. The van der Waals surface area contributed by atoms with Crippen LogP contribution in [0.2, 0.25) is 0 Å². The number of unbranched alkanes of at least 4 members (excludes halogenated alkanes) is 1. The second-order valence-corrected chi connectivity index (χ2v) is 4.50. The number of amides is 1. The van der Waals surface area contributed by atoms with E-state index in [1.54, 1.807) is 12.1 Å². The molecule has 0 heterocycles. The predicted octanol–water partition coefficient (Wildman–Crippen LogP) is 1.97. The molecule has 3 N–H and O–H groups in total. The monoisotopic (exact) mass is 280 g/mol. The molecule has 0 spiro atoms. The maximum absolute atomic E-state index is 11.5. The number of benzene rings is 1. The number of hydrogen-bond acceptors (Lipinski definition) is 4. The van der Waals surface area contributed by atoms with Crippen LogP contribution in [0, 0.1) is 0 Å². The Balaban J connectivity index is 2.05. The van der Waals surface area contributed by atoms with Gasteiger partial charge in [-0.15, -0.1) is 0 Å². The Morgan fingerprint density at radius 2 is 2.00 bits per heavy atom. The number of anilines is 1. The van der Waals surface area contributed by atoms with E-state index in [9.17, 15) is 4.79 Å². The van der Waals surface area contributed by atoms with Gasteiger partial charge in [0.25, 0.3) is 5.91 Å². The molecule has 0 aliphatic heterocycles. The van der Waals surface area contributed by atoms with E-state index in [0.29, 0.717) is 24.6 Å². The molecule has 0 atom stereocenters. The Morgan fingerprint density at radius 1 is 1.25 bits per heavy atom. The van der Waals surface area contributed by atoms with Gasteiger partial charge in [0, 0.05) is 19.8 Å². The van der Waals surface area contributed by atoms with Gasteiger partial charge in [-0.2, -0.15) is 0 Å². The summed E-state index contributed by atoms with van der Waals surface area (Å²) < 4.78 is 10.7. The summed E-state index contributed by atoms with van der Waals surface area (Å²) in [7, 11) is 0. The van der Waals surface area contributed by atoms with Crippen LogP contribution in [0.3, 0.4) is 0 Å². The number of ether oxygens (including phenoxy) is 2. The van der Waals surface area contributed by atoms with Crippen LogP contribution in [0.25, 0.3) is 0 Å². The smallest absolute Gasteiger partial charge is 0.257 e. The van der Waals surface area contributed by atoms with E-state index < -0.39 is 0 Å². The Labute approximate surface area is 120 Å². The molecule has 0 aromatic heterocycles. The minimum atomic E-state index is -0.151. The summed E-state index contributed by atoms with van der Waals surface area (Å²) in [4.78, 5) is 11.5. The third-order valence-corrected chi connectivity index (χ3v) is 2.71. The molecule has 112 valence electrons. The lowest BCUT2D eigenvalue weighted by Gasteiger charge is -2.09. The van der Waals surface area contributed by atoms with Gasteiger partial charge < -0.3 is 20.5 Å². The summed E-state index contributed by atoms with van der Waals surface area (Å²) >= 11 is 0. The fraction of sp³-hybridized carbons (Fsp3) is 0.533. The highest BCUT2D eigenvalue weighted by Crippen LogP contribution is 2.19. The highest BCUT2D eigenvalue weighted by Gasteiger charge is 2.04. The van der Waals surface area contributed by atoms with Crippen LogP contribution in [0.5, 0.6) is 5.75 Å². The zero-order valence-electron chi connectivity index (χ0n) is 12.1. The van der Waals surface area contributed by atoms with Crippen molar-refractivity contribution in [1.82, 2.24) is 5.32 Å². The highest BCUT2D eigenvalue weighted by atomic mass is 16.5. The Kier molecular flexibility index (Phi) is 8.22. The van der Waals surface area contributed by atoms with Gasteiger partial charge in [0.2, 0.25) is 0 Å². The average Bonchev–Trinajstić information content (AvgIpc) is 2.45. The topological polar surface area (TPSA) is 73.6 Å². The molecule has 5 heteroatoms. The fourth-order valence-corrected chi connectivity index (χ4v) is 1.56. The van der Waals surface area contributed by atoms with Crippen LogP contribution in [0.15, 0.2) is 24.3 Å². The molecular weight excluding hydrogens is 256 g/mol. The number of nitrogens with two attached hydrogens (primary N) is 1. The number of rotatable bonds is 10. The van der Waals surface area contributed by atoms with Crippen molar-refractivity contribution in [2.75, 3.05) is 32.1 Å². The van der Waals surface area contributed by atoms with E-state index in [-0.39, 0.29) is 12.5 Å². The van der Waals surface area contributed by atoms with Crippen molar-refractivity contribution >= 4 is 11.6 Å². The third-order valence-electron chi connectivity index (χ3n) is 2.71. The number of nitrogen functional groups attached to an aromatic ring is 1. The minimum absolute atomic E-state index is 0.0229. The van der Waals surface area contributed by atoms with Crippen LogP contribution in [0.1, 0.15) is 26.2 Å². The molecular formula is C15H24N2O3. The number of carbonyl (C=O) groups excluding carboxylic acids is 1. The standard InChI is InChI=1S/C15H24N2O3/c1-2-3-10-19-11-6-9-17-15(18)12-20-14-8-5-4-7-13(14)16/h4-5,7-8H,2-3,6,9-12,16H2,1H3,(H,17,18). The minimum Gasteiger partial charge on any atom is -0.482 e. The number of carbonyl (C=O) groups is 1. The first kappa shape index (κ1) is 16.3. The Morgan fingerprint density at radius 3 is 2.75 bits per heavy atom. The number of hydrogen-bond donors (Lipinski definition) is 2. The molecule has 0 unspecified atom stereocenters. The Hall–Kier alpha value is -1.75. The molecule has 5 nitrogen and oxygen atoms in total. The van der Waals surface area contributed by atoms with Crippen LogP contribution < -0.4 is 15.8 Å². The van der Waals surface area contributed by atoms with E-state index in [2.05, 4.69) is 12.2 Å². The lowest BCUT2D eigenvalue weighted by Crippen LogP contribution is -2.30. The molecule has 0 saturated heterocycles. The summed E-state index contributed by atoms with van der Waals surface area (Å²) in [5, 5.41) is 2.78. The fourth-order valence-electron chi connectivity index (χ4n) is 1.56. The van der Waals surface area contributed by atoms with E-state index in [0.717, 1.165) is 25.9 Å². The second-order valence-electron chi connectivity index (χ2n) is 4.50. The Bertz CT molecular complexity index is 396. The molecule has 0 saturated carbocycles. The second kappa shape index (κ2) is 10.1. The van der Waals surface area contributed by atoms with Crippen molar-refractivity contribution in [3.63, 3.8) is 0 Å². The van der Waals surface area contributed by atoms with Gasteiger partial charge >= 0.3 is 0 Å². The summed E-state index contributed by atoms with van der Waals surface area (Å²) in [5.74, 6) is 0.382. The average molecular weight is 280 g/mol. The first-order chi connectivity index (χ1) is 9.74. The molecule has 1 rings (SSSR count). The van der Waals surface area contributed by atoms with Gasteiger partial charge in [-0.05, 0) is 25.0 Å². The molecule has 1 aromatic rings. The molecule has 1 amide bonds. The third kappa shape index (κ3) is 6.99. The molecule has 0 fully saturated rings. The molecule has 0 bridgehead atoms. The van der Waals surface area contributed by atoms with Crippen molar-refractivity contribution in [1.29, 1.82) is 0 Å². The number of nitrogens with one attached hydrogen (secondary N) is 1. The summed E-state index contributed by atoms with van der Waals surface area (Å²) in [6, 6.07) is 7.11. The van der Waals surface area contributed by atoms with E-state index in [4.69, 9.17) is 15.2 Å². The molecule has 0 radical (unpaired) electrons. The maximum atomic E-state index is 11.5. The van der Waals surface area contributed by atoms with Gasteiger partial charge in [-0.3, -0.25) is 4.79 Å². The molecule has 1 aromatic carbocycles. The summed E-state index contributed by atoms with van der Waals surface area (Å²) in [6.07, 6.45) is 3.03. The van der Waals surface area contributed by atoms with Gasteiger partial charge in [0.15, 0.2) is 6.61 Å². The molecule has 20 heavy (non-hydrogen) atoms. The zero-order chi connectivity index (χ0) is 14.6. The lowest BCUT2D eigenvalue weighted by atomic mass is 10.3. The first-order valence-corrected chi connectivity index (χ1v) is 7.05. The SMILES string of the molecule is CCCCOCCCNC(=O)COc1ccccc1N. The summed E-state index contributed by atoms with van der Waals surface area (Å²) in [5.41, 5.74) is 6.25. The zero-order valence-corrected chi connectivity index (χ0v) is 12.1. The van der Waals surface area contributed by atoms with Crippen LogP contribution in [-0.4, -0.2) is 32.3 Å². The van der Waals surface area contributed by atoms with Crippen molar-refractivity contribution < 1.29 is 14.3 Å². The highest BCUT2D eigenvalue weighted by molar-refractivity contribution is 5.77. The van der Waals surface area contributed by atoms with Gasteiger partial charge in [-0.25, -0.2) is 0 Å². The van der Waals surface area contributed by atoms with Crippen LogP contribution >= 0.6 is 0 Å². The van der Waals surface area contributed by atoms with Crippen molar-refractivity contribution in [2.24, 2.45) is 0 Å². The van der Waals surface area contributed by atoms with Crippen molar-refractivity contribution in [3.05, 3.63) is 24.3 Å². The van der Waals surface area contributed by atoms with E-state index in [1.165, 1.54) is 0 Å². The van der Waals surface area contributed by atoms with Gasteiger partial charge in [-0.1, -0.05) is 25.5 Å². The first-order valence-electron chi connectivity index (χ1n) is 7.05. The summed E-state index contributed by atoms with van der Waals surface area (Å²) in [6.45, 7) is 4.17. The van der Waals surface area contributed by atoms with Crippen molar-refractivity contribution in [2.45, 2.75) is 26.2 Å². The predicted molar refractivity (Wildman–Crippen MR) is 79.7 cm³/mol. The quantitative estimate of drug-likeness (QED) is 0.507. The molecule has 0 aliphatic rings. The normalized spacial score (nSPS) is 10.2. The van der Waals surface area contributed by atoms with Crippen LogP contribution in [0.4, 0.5) is 5.69 Å². The largest absolute Gasteiger partial charge is 0.482 e. The van der Waals surface area contributed by atoms with Gasteiger partial charge in [0.05, 0.1) is 5.69 Å². The van der Waals surface area contributed by atoms with E-state index in [1.807, 2.05) is 12.1 Å². The van der Waals surface area contributed by atoms with E-state index >= 15 is 0 Å². The van der Waals surface area contributed by atoms with Crippen molar-refractivity contribution in [3.8, 4) is 5.75 Å². The van der Waals surface area contributed by atoms with Gasteiger partial charge in [0.1, 0.15) is 5.75 Å².